The van der Waals surface area contributed by atoms with Crippen LogP contribution >= 0.6 is 11.6 Å². The Kier molecular flexibility index (Phi) is 6.26. The highest BCUT2D eigenvalue weighted by atomic mass is 35.5. The Morgan fingerprint density at radius 1 is 1.14 bits per heavy atom. The zero-order chi connectivity index (χ0) is 20.1. The number of nitrogens with one attached hydrogen (secondary N) is 1. The van der Waals surface area contributed by atoms with Crippen molar-refractivity contribution < 1.29 is 4.79 Å². The molecule has 28 heavy (non-hydrogen) atoms. The summed E-state index contributed by atoms with van der Waals surface area (Å²) in [5.41, 5.74) is 4.24. The van der Waals surface area contributed by atoms with Gasteiger partial charge in [0.1, 0.15) is 5.69 Å². The van der Waals surface area contributed by atoms with Crippen molar-refractivity contribution in [3.05, 3.63) is 82.1 Å². The Morgan fingerprint density at radius 3 is 2.57 bits per heavy atom. The molecule has 3 rings (SSSR count). The third kappa shape index (κ3) is 4.67. The maximum Gasteiger partial charge on any atom is 0.272 e. The molecule has 0 bridgehead atoms. The van der Waals surface area contributed by atoms with Crippen LogP contribution in [0.15, 0.2) is 54.7 Å². The smallest absolute Gasteiger partial charge is 0.272 e. The SMILES string of the molecule is CCN(Cc1ccccc1)C(=O)c1ccnc(Nc2c(C)cc(C)cc2Cl)n1. The molecule has 0 atom stereocenters. The number of hydrogen-bond donors (Lipinski definition) is 1. The molecule has 6 heteroatoms. The molecule has 0 fully saturated rings. The minimum atomic E-state index is -0.136. The molecule has 0 aliphatic heterocycles. The summed E-state index contributed by atoms with van der Waals surface area (Å²) >= 11 is 6.36. The molecule has 0 aliphatic carbocycles. The molecule has 0 saturated carbocycles. The number of carbonyl (C=O) groups excluding carboxylic acids is 1. The van der Waals surface area contributed by atoms with Crippen molar-refractivity contribution in [1.29, 1.82) is 0 Å². The number of aryl methyl sites for hydroxylation is 2. The fourth-order valence-electron chi connectivity index (χ4n) is 3.02. The summed E-state index contributed by atoms with van der Waals surface area (Å²) in [7, 11) is 0. The molecule has 1 heterocycles. The van der Waals surface area contributed by atoms with Gasteiger partial charge in [-0.05, 0) is 49.6 Å². The van der Waals surface area contributed by atoms with Gasteiger partial charge in [0.05, 0.1) is 10.7 Å². The van der Waals surface area contributed by atoms with Gasteiger partial charge in [-0.3, -0.25) is 4.79 Å². The standard InChI is InChI=1S/C22H23ClN4O/c1-4-27(14-17-8-6-5-7-9-17)21(28)19-10-11-24-22(25-19)26-20-16(3)12-15(2)13-18(20)23/h5-13H,4,14H2,1-3H3,(H,24,25,26). The van der Waals surface area contributed by atoms with Crippen molar-refractivity contribution in [3.8, 4) is 0 Å². The normalized spacial score (nSPS) is 10.6. The van der Waals surface area contributed by atoms with Crippen molar-refractivity contribution >= 4 is 29.1 Å². The Labute approximate surface area is 170 Å². The van der Waals surface area contributed by atoms with Crippen LogP contribution in [0.1, 0.15) is 34.1 Å². The number of anilines is 2. The quantitative estimate of drug-likeness (QED) is 0.627. The van der Waals surface area contributed by atoms with Crippen molar-refractivity contribution in [2.24, 2.45) is 0 Å². The second-order valence-electron chi connectivity index (χ2n) is 6.63. The van der Waals surface area contributed by atoms with E-state index in [1.54, 1.807) is 17.2 Å². The van der Waals surface area contributed by atoms with Crippen LogP contribution < -0.4 is 5.32 Å². The van der Waals surface area contributed by atoms with Crippen molar-refractivity contribution in [2.75, 3.05) is 11.9 Å². The van der Waals surface area contributed by atoms with Crippen LogP contribution in [-0.2, 0) is 6.54 Å². The molecule has 0 unspecified atom stereocenters. The molecule has 0 spiro atoms. The van der Waals surface area contributed by atoms with Crippen LogP contribution in [0.3, 0.4) is 0 Å². The third-order valence-electron chi connectivity index (χ3n) is 4.43. The van der Waals surface area contributed by atoms with Gasteiger partial charge >= 0.3 is 0 Å². The monoisotopic (exact) mass is 394 g/mol. The molecule has 0 radical (unpaired) electrons. The first-order valence-corrected chi connectivity index (χ1v) is 9.55. The predicted molar refractivity (Wildman–Crippen MR) is 113 cm³/mol. The summed E-state index contributed by atoms with van der Waals surface area (Å²) in [5.74, 6) is 0.207. The number of benzene rings is 2. The summed E-state index contributed by atoms with van der Waals surface area (Å²) in [6.45, 7) is 7.03. The molecule has 1 aromatic heterocycles. The number of nitrogens with zero attached hydrogens (tertiary/aromatic N) is 3. The summed E-state index contributed by atoms with van der Waals surface area (Å²) < 4.78 is 0. The summed E-state index contributed by atoms with van der Waals surface area (Å²) in [6, 6.07) is 15.4. The first kappa shape index (κ1) is 19.8. The van der Waals surface area contributed by atoms with E-state index < -0.39 is 0 Å². The van der Waals surface area contributed by atoms with E-state index in [1.165, 1.54) is 0 Å². The second-order valence-corrected chi connectivity index (χ2v) is 7.04. The Morgan fingerprint density at radius 2 is 1.89 bits per heavy atom. The number of aromatic nitrogens is 2. The molecule has 144 valence electrons. The maximum atomic E-state index is 12.9. The van der Waals surface area contributed by atoms with Gasteiger partial charge in [-0.1, -0.05) is 48.0 Å². The molecular weight excluding hydrogens is 372 g/mol. The zero-order valence-electron chi connectivity index (χ0n) is 16.2. The van der Waals surface area contributed by atoms with Gasteiger partial charge in [0.15, 0.2) is 0 Å². The molecule has 2 aromatic carbocycles. The number of halogens is 1. The Hall–Kier alpha value is -2.92. The lowest BCUT2D eigenvalue weighted by Gasteiger charge is -2.21. The average Bonchev–Trinajstić information content (AvgIpc) is 2.69. The van der Waals surface area contributed by atoms with E-state index in [9.17, 15) is 4.79 Å². The topological polar surface area (TPSA) is 58.1 Å². The highest BCUT2D eigenvalue weighted by molar-refractivity contribution is 6.33. The molecular formula is C22H23ClN4O. The van der Waals surface area contributed by atoms with Gasteiger partial charge in [0, 0.05) is 19.3 Å². The van der Waals surface area contributed by atoms with Crippen LogP contribution in [-0.4, -0.2) is 27.3 Å². The lowest BCUT2D eigenvalue weighted by Crippen LogP contribution is -2.31. The summed E-state index contributed by atoms with van der Waals surface area (Å²) in [4.78, 5) is 23.4. The van der Waals surface area contributed by atoms with Crippen LogP contribution in [0.25, 0.3) is 0 Å². The largest absolute Gasteiger partial charge is 0.333 e. The van der Waals surface area contributed by atoms with E-state index >= 15 is 0 Å². The summed E-state index contributed by atoms with van der Waals surface area (Å²) in [6.07, 6.45) is 1.58. The van der Waals surface area contributed by atoms with Gasteiger partial charge < -0.3 is 10.2 Å². The highest BCUT2D eigenvalue weighted by Crippen LogP contribution is 2.29. The first-order chi connectivity index (χ1) is 13.5. The number of hydrogen-bond acceptors (Lipinski definition) is 4. The maximum absolute atomic E-state index is 12.9. The zero-order valence-corrected chi connectivity index (χ0v) is 17.0. The van der Waals surface area contributed by atoms with Gasteiger partial charge in [-0.25, -0.2) is 9.97 Å². The number of amides is 1. The molecule has 0 saturated heterocycles. The van der Waals surface area contributed by atoms with E-state index in [0.717, 1.165) is 22.4 Å². The van der Waals surface area contributed by atoms with Gasteiger partial charge in [-0.2, -0.15) is 0 Å². The van der Waals surface area contributed by atoms with Gasteiger partial charge in [0.25, 0.3) is 5.91 Å². The fraction of sp³-hybridized carbons (Fsp3) is 0.227. The molecule has 0 aliphatic rings. The predicted octanol–water partition coefficient (Wildman–Crippen LogP) is 5.15. The van der Waals surface area contributed by atoms with Crippen molar-refractivity contribution in [2.45, 2.75) is 27.3 Å². The molecule has 1 amide bonds. The minimum absolute atomic E-state index is 0.136. The van der Waals surface area contributed by atoms with Crippen LogP contribution in [0, 0.1) is 13.8 Å². The van der Waals surface area contributed by atoms with Crippen LogP contribution in [0.5, 0.6) is 0 Å². The first-order valence-electron chi connectivity index (χ1n) is 9.18. The van der Waals surface area contributed by atoms with Gasteiger partial charge in [0.2, 0.25) is 5.95 Å². The summed E-state index contributed by atoms with van der Waals surface area (Å²) in [5, 5.41) is 3.74. The minimum Gasteiger partial charge on any atom is -0.333 e. The van der Waals surface area contributed by atoms with Crippen molar-refractivity contribution in [3.63, 3.8) is 0 Å². The Bertz CT molecular complexity index is 952. The number of rotatable bonds is 6. The molecule has 1 N–H and O–H groups in total. The second kappa shape index (κ2) is 8.85. The molecule has 5 nitrogen and oxygen atoms in total. The van der Waals surface area contributed by atoms with E-state index in [4.69, 9.17) is 11.6 Å². The Balaban J connectivity index is 1.81. The van der Waals surface area contributed by atoms with Gasteiger partial charge in [-0.15, -0.1) is 0 Å². The van der Waals surface area contributed by atoms with E-state index in [-0.39, 0.29) is 5.91 Å². The average molecular weight is 395 g/mol. The lowest BCUT2D eigenvalue weighted by molar-refractivity contribution is 0.0746. The number of carbonyl (C=O) groups is 1. The third-order valence-corrected chi connectivity index (χ3v) is 4.73. The highest BCUT2D eigenvalue weighted by Gasteiger charge is 2.17. The fourth-order valence-corrected chi connectivity index (χ4v) is 3.39. The van der Waals surface area contributed by atoms with E-state index in [2.05, 4.69) is 15.3 Å². The van der Waals surface area contributed by atoms with Crippen LogP contribution in [0.2, 0.25) is 5.02 Å². The molecule has 3 aromatic rings. The van der Waals surface area contributed by atoms with Crippen molar-refractivity contribution in [1.82, 2.24) is 14.9 Å². The lowest BCUT2D eigenvalue weighted by atomic mass is 10.1. The van der Waals surface area contributed by atoms with E-state index in [0.29, 0.717) is 29.8 Å². The van der Waals surface area contributed by atoms with Crippen LogP contribution in [0.4, 0.5) is 11.6 Å². The van der Waals surface area contributed by atoms with E-state index in [1.807, 2.05) is 63.2 Å².